The summed E-state index contributed by atoms with van der Waals surface area (Å²) >= 11 is 1.30. The van der Waals surface area contributed by atoms with Gasteiger partial charge in [0.05, 0.1) is 24.2 Å². The van der Waals surface area contributed by atoms with E-state index < -0.39 is 4.87 Å². The highest BCUT2D eigenvalue weighted by molar-refractivity contribution is 8.02. The van der Waals surface area contributed by atoms with E-state index in [1.807, 2.05) is 62.4 Å². The van der Waals surface area contributed by atoms with Gasteiger partial charge in [0.2, 0.25) is 16.7 Å². The highest BCUT2D eigenvalue weighted by Crippen LogP contribution is 2.55. The quantitative estimate of drug-likeness (QED) is 0.583. The van der Waals surface area contributed by atoms with E-state index in [9.17, 15) is 14.4 Å². The molecule has 178 valence electrons. The number of benzene rings is 3. The molecule has 3 aromatic rings. The van der Waals surface area contributed by atoms with Crippen molar-refractivity contribution in [2.45, 2.75) is 18.7 Å². The molecular formula is C27H25N3O4S. The minimum Gasteiger partial charge on any atom is -0.495 e. The fourth-order valence-electron chi connectivity index (χ4n) is 4.87. The third kappa shape index (κ3) is 3.74. The number of carbonyl (C=O) groups is 3. The van der Waals surface area contributed by atoms with E-state index in [1.165, 1.54) is 23.8 Å². The highest BCUT2D eigenvalue weighted by Gasteiger charge is 2.61. The molecule has 3 aromatic carbocycles. The van der Waals surface area contributed by atoms with Gasteiger partial charge in [0.1, 0.15) is 12.3 Å². The van der Waals surface area contributed by atoms with Crippen LogP contribution in [-0.4, -0.2) is 37.1 Å². The summed E-state index contributed by atoms with van der Waals surface area (Å²) in [5.74, 6) is -0.0911. The van der Waals surface area contributed by atoms with Crippen molar-refractivity contribution in [1.82, 2.24) is 0 Å². The number of amides is 3. The summed E-state index contributed by atoms with van der Waals surface area (Å²) in [4.78, 5) is 42.2. The molecule has 2 aliphatic rings. The highest BCUT2D eigenvalue weighted by atomic mass is 32.2. The number of rotatable bonds is 5. The maximum absolute atomic E-state index is 14.1. The van der Waals surface area contributed by atoms with E-state index in [0.717, 1.165) is 11.1 Å². The van der Waals surface area contributed by atoms with Crippen molar-refractivity contribution in [2.75, 3.05) is 34.5 Å². The van der Waals surface area contributed by atoms with Crippen LogP contribution in [-0.2, 0) is 19.3 Å². The molecule has 0 bridgehead atoms. The topological polar surface area (TPSA) is 79.0 Å². The molecule has 0 aliphatic carbocycles. The zero-order chi connectivity index (χ0) is 24.7. The molecule has 0 aromatic heterocycles. The second kappa shape index (κ2) is 8.78. The number of hydrogen-bond donors (Lipinski definition) is 1. The van der Waals surface area contributed by atoms with E-state index in [0.29, 0.717) is 28.4 Å². The van der Waals surface area contributed by atoms with Crippen molar-refractivity contribution in [3.63, 3.8) is 0 Å². The number of fused-ring (bicyclic) bond motifs is 2. The van der Waals surface area contributed by atoms with Gasteiger partial charge in [0, 0.05) is 11.3 Å². The van der Waals surface area contributed by atoms with Crippen LogP contribution in [0.1, 0.15) is 16.7 Å². The molecular weight excluding hydrogens is 462 g/mol. The zero-order valence-electron chi connectivity index (χ0n) is 19.7. The second-order valence-electron chi connectivity index (χ2n) is 8.66. The summed E-state index contributed by atoms with van der Waals surface area (Å²) in [6.07, 6.45) is 0. The Labute approximate surface area is 208 Å². The van der Waals surface area contributed by atoms with Crippen molar-refractivity contribution in [3.05, 3.63) is 83.4 Å². The standard InChI is InChI=1S/C27H25N3O4S/c1-17-12-18(2)14-19(13-17)30-25(32)16-35-27(30)20-8-4-6-10-22(20)29(26(27)33)15-24(31)28-21-9-5-7-11-23(21)34-3/h4-14H,15-16H2,1-3H3,(H,28,31). The van der Waals surface area contributed by atoms with Crippen LogP contribution < -0.4 is 19.9 Å². The molecule has 1 N–H and O–H groups in total. The minimum atomic E-state index is -1.25. The molecule has 7 nitrogen and oxygen atoms in total. The van der Waals surface area contributed by atoms with E-state index in [4.69, 9.17) is 4.74 Å². The van der Waals surface area contributed by atoms with Crippen LogP contribution in [0.4, 0.5) is 17.1 Å². The molecule has 0 radical (unpaired) electrons. The van der Waals surface area contributed by atoms with E-state index in [2.05, 4.69) is 5.32 Å². The molecule has 8 heteroatoms. The summed E-state index contributed by atoms with van der Waals surface area (Å²) in [6, 6.07) is 20.4. The van der Waals surface area contributed by atoms with E-state index >= 15 is 0 Å². The molecule has 1 atom stereocenters. The fourth-order valence-corrected chi connectivity index (χ4v) is 6.23. The normalized spacial score (nSPS) is 18.8. The summed E-state index contributed by atoms with van der Waals surface area (Å²) in [7, 11) is 1.53. The van der Waals surface area contributed by atoms with Crippen LogP contribution in [0.15, 0.2) is 66.7 Å². The van der Waals surface area contributed by atoms with Gasteiger partial charge in [-0.1, -0.05) is 36.4 Å². The van der Waals surface area contributed by atoms with Crippen LogP contribution in [0.25, 0.3) is 0 Å². The largest absolute Gasteiger partial charge is 0.495 e. The van der Waals surface area contributed by atoms with Gasteiger partial charge in [0.15, 0.2) is 0 Å². The first-order chi connectivity index (χ1) is 16.8. The minimum absolute atomic E-state index is 0.136. The van der Waals surface area contributed by atoms with E-state index in [1.54, 1.807) is 23.1 Å². The Bertz CT molecular complexity index is 1340. The molecule has 0 saturated carbocycles. The number of ether oxygens (including phenoxy) is 1. The predicted molar refractivity (Wildman–Crippen MR) is 138 cm³/mol. The average Bonchev–Trinajstić information content (AvgIpc) is 3.30. The molecule has 1 spiro atoms. The number of anilines is 3. The maximum atomic E-state index is 14.1. The molecule has 5 rings (SSSR count). The number of aryl methyl sites for hydroxylation is 2. The van der Waals surface area contributed by atoms with Gasteiger partial charge in [-0.2, -0.15) is 0 Å². The first-order valence-corrected chi connectivity index (χ1v) is 12.2. The third-order valence-corrected chi connectivity index (χ3v) is 7.60. The Morgan fingerprint density at radius 1 is 1.03 bits per heavy atom. The molecule has 2 heterocycles. The number of carbonyl (C=O) groups excluding carboxylic acids is 3. The van der Waals surface area contributed by atoms with Gasteiger partial charge < -0.3 is 10.1 Å². The zero-order valence-corrected chi connectivity index (χ0v) is 20.5. The van der Waals surface area contributed by atoms with Crippen LogP contribution in [0.5, 0.6) is 5.75 Å². The van der Waals surface area contributed by atoms with Crippen molar-refractivity contribution in [1.29, 1.82) is 0 Å². The lowest BCUT2D eigenvalue weighted by molar-refractivity contribution is -0.124. The lowest BCUT2D eigenvalue weighted by Crippen LogP contribution is -2.51. The summed E-state index contributed by atoms with van der Waals surface area (Å²) in [5.41, 5.74) is 4.56. The van der Waals surface area contributed by atoms with Gasteiger partial charge in [-0.15, -0.1) is 11.8 Å². The number of para-hydroxylation sites is 3. The second-order valence-corrected chi connectivity index (χ2v) is 9.83. The Morgan fingerprint density at radius 3 is 2.46 bits per heavy atom. The summed E-state index contributed by atoms with van der Waals surface area (Å²) in [6.45, 7) is 3.75. The first kappa shape index (κ1) is 23.0. The lowest BCUT2D eigenvalue weighted by atomic mass is 10.0. The van der Waals surface area contributed by atoms with Crippen molar-refractivity contribution in [3.8, 4) is 5.75 Å². The van der Waals surface area contributed by atoms with Crippen LogP contribution >= 0.6 is 11.8 Å². The Kier molecular flexibility index (Phi) is 5.76. The predicted octanol–water partition coefficient (Wildman–Crippen LogP) is 4.23. The number of thioether (sulfide) groups is 1. The lowest BCUT2D eigenvalue weighted by Gasteiger charge is -2.33. The molecule has 2 aliphatic heterocycles. The fraction of sp³-hybridized carbons (Fsp3) is 0.222. The molecule has 1 fully saturated rings. The number of methoxy groups -OCH3 is 1. The molecule has 3 amide bonds. The van der Waals surface area contributed by atoms with Crippen molar-refractivity contribution < 1.29 is 19.1 Å². The molecule has 35 heavy (non-hydrogen) atoms. The van der Waals surface area contributed by atoms with Crippen molar-refractivity contribution in [2.24, 2.45) is 0 Å². The SMILES string of the molecule is COc1ccccc1NC(=O)CN1C(=O)C2(SCC(=O)N2c2cc(C)cc(C)c2)c2ccccc21. The van der Waals surface area contributed by atoms with Crippen LogP contribution in [0.3, 0.4) is 0 Å². The van der Waals surface area contributed by atoms with Crippen LogP contribution in [0.2, 0.25) is 0 Å². The first-order valence-electron chi connectivity index (χ1n) is 11.2. The third-order valence-electron chi connectivity index (χ3n) is 6.21. The Hall–Kier alpha value is -3.78. The van der Waals surface area contributed by atoms with Gasteiger partial charge in [-0.3, -0.25) is 24.2 Å². The monoisotopic (exact) mass is 487 g/mol. The number of nitrogens with one attached hydrogen (secondary N) is 1. The summed E-state index contributed by atoms with van der Waals surface area (Å²) in [5, 5.41) is 2.84. The molecule has 1 saturated heterocycles. The average molecular weight is 488 g/mol. The van der Waals surface area contributed by atoms with Crippen LogP contribution in [0, 0.1) is 13.8 Å². The van der Waals surface area contributed by atoms with Gasteiger partial charge in [-0.25, -0.2) is 0 Å². The van der Waals surface area contributed by atoms with Gasteiger partial charge >= 0.3 is 0 Å². The van der Waals surface area contributed by atoms with E-state index in [-0.39, 0.29) is 30.0 Å². The number of nitrogens with zero attached hydrogens (tertiary/aromatic N) is 2. The Morgan fingerprint density at radius 2 is 1.71 bits per heavy atom. The summed E-state index contributed by atoms with van der Waals surface area (Å²) < 4.78 is 5.32. The maximum Gasteiger partial charge on any atom is 0.269 e. The Balaban J connectivity index is 1.53. The number of hydrogen-bond acceptors (Lipinski definition) is 5. The van der Waals surface area contributed by atoms with Gasteiger partial charge in [-0.05, 0) is 55.3 Å². The van der Waals surface area contributed by atoms with Gasteiger partial charge in [0.25, 0.3) is 5.91 Å². The van der Waals surface area contributed by atoms with Crippen molar-refractivity contribution >= 4 is 46.5 Å². The smallest absolute Gasteiger partial charge is 0.269 e. The molecule has 1 unspecified atom stereocenters.